The zero-order valence-corrected chi connectivity index (χ0v) is 25.2. The van der Waals surface area contributed by atoms with E-state index in [1.165, 1.54) is 17.0 Å². The maximum absolute atomic E-state index is 14.1. The number of rotatable bonds is 4. The largest absolute Gasteiger partial charge is 0.388 e. The Bertz CT molecular complexity index is 1550. The molecule has 2 aromatic rings. The summed E-state index contributed by atoms with van der Waals surface area (Å²) in [6.45, 7) is -0.0252. The van der Waals surface area contributed by atoms with Crippen LogP contribution in [0.5, 0.6) is 0 Å². The average molecular weight is 646 g/mol. The number of nitrogens with one attached hydrogen (secondary N) is 2. The van der Waals surface area contributed by atoms with Gasteiger partial charge in [-0.3, -0.25) is 19.3 Å². The van der Waals surface area contributed by atoms with Crippen molar-refractivity contribution in [2.45, 2.75) is 66.8 Å². The summed E-state index contributed by atoms with van der Waals surface area (Å²) in [7, 11) is -4.36. The van der Waals surface area contributed by atoms with Gasteiger partial charge < -0.3 is 30.5 Å². The Labute approximate surface area is 260 Å². The van der Waals surface area contributed by atoms with Gasteiger partial charge in [-0.25, -0.2) is 12.8 Å². The summed E-state index contributed by atoms with van der Waals surface area (Å²) < 4.78 is 48.1. The predicted octanol–water partition coefficient (Wildman–Crippen LogP) is -1.20. The van der Waals surface area contributed by atoms with Crippen molar-refractivity contribution in [2.24, 2.45) is 0 Å². The topological polar surface area (TPSA) is 169 Å². The molecule has 6 rings (SSSR count). The maximum Gasteiger partial charge on any atom is 0.244 e. The fraction of sp³-hybridized carbons (Fsp3) is 0.500. The van der Waals surface area contributed by atoms with Gasteiger partial charge in [-0.15, -0.1) is 0 Å². The van der Waals surface area contributed by atoms with Crippen LogP contribution >= 0.6 is 0 Å². The highest BCUT2D eigenvalue weighted by atomic mass is 32.2. The van der Waals surface area contributed by atoms with Crippen molar-refractivity contribution in [3.63, 3.8) is 0 Å². The fourth-order valence-electron chi connectivity index (χ4n) is 6.65. The highest BCUT2D eigenvalue weighted by molar-refractivity contribution is 7.89. The zero-order valence-electron chi connectivity index (χ0n) is 24.4. The molecular weight excluding hydrogens is 609 g/mol. The Balaban J connectivity index is 1.33. The zero-order chi connectivity index (χ0) is 31.9. The predicted molar refractivity (Wildman–Crippen MR) is 156 cm³/mol. The first-order valence-electron chi connectivity index (χ1n) is 14.9. The normalized spacial score (nSPS) is 31.9. The molecule has 2 aromatic carbocycles. The van der Waals surface area contributed by atoms with E-state index in [0.29, 0.717) is 13.1 Å². The number of likely N-dealkylation sites (tertiary alicyclic amines) is 1. The molecule has 0 radical (unpaired) electrons. The van der Waals surface area contributed by atoms with Crippen LogP contribution in [0.15, 0.2) is 59.5 Å². The van der Waals surface area contributed by atoms with Gasteiger partial charge in [0, 0.05) is 45.3 Å². The summed E-state index contributed by atoms with van der Waals surface area (Å²) in [4.78, 5) is 43.8. The average Bonchev–Trinajstić information content (AvgIpc) is 3.53. The Morgan fingerprint density at radius 1 is 0.933 bits per heavy atom. The number of nitrogens with zero attached hydrogens (tertiary/aromatic N) is 3. The van der Waals surface area contributed by atoms with Crippen molar-refractivity contribution in [2.75, 3.05) is 32.7 Å². The summed E-state index contributed by atoms with van der Waals surface area (Å²) in [5.74, 6) is -2.22. The van der Waals surface area contributed by atoms with Gasteiger partial charge in [-0.2, -0.15) is 4.31 Å². The van der Waals surface area contributed by atoms with Crippen LogP contribution in [-0.2, 0) is 35.7 Å². The molecule has 7 atom stereocenters. The van der Waals surface area contributed by atoms with Crippen LogP contribution in [0.25, 0.3) is 0 Å². The van der Waals surface area contributed by atoms with Crippen molar-refractivity contribution in [3.05, 3.63) is 66.0 Å². The molecule has 0 aliphatic carbocycles. The Morgan fingerprint density at radius 3 is 2.44 bits per heavy atom. The molecule has 0 spiro atoms. The fourth-order valence-corrected chi connectivity index (χ4v) is 8.25. The number of benzene rings is 2. The molecule has 3 amide bonds. The molecule has 4 fully saturated rings. The molecule has 4 heterocycles. The maximum atomic E-state index is 14.1. The van der Waals surface area contributed by atoms with Gasteiger partial charge in [-0.1, -0.05) is 36.4 Å². The molecule has 4 aliphatic rings. The Kier molecular flexibility index (Phi) is 8.91. The number of sulfonamides is 1. The van der Waals surface area contributed by atoms with Gasteiger partial charge in [0.05, 0.1) is 23.5 Å². The first-order chi connectivity index (χ1) is 21.5. The molecule has 4 saturated heterocycles. The van der Waals surface area contributed by atoms with Crippen LogP contribution in [0.3, 0.4) is 0 Å². The number of halogens is 1. The van der Waals surface area contributed by atoms with Crippen LogP contribution in [0.1, 0.15) is 18.4 Å². The number of hydrogen-bond acceptors (Lipinski definition) is 9. The Morgan fingerprint density at radius 2 is 1.69 bits per heavy atom. The molecule has 0 unspecified atom stereocenters. The van der Waals surface area contributed by atoms with E-state index < -0.39 is 70.2 Å². The van der Waals surface area contributed by atoms with Gasteiger partial charge in [0.15, 0.2) is 0 Å². The smallest absolute Gasteiger partial charge is 0.244 e. The third-order valence-electron chi connectivity index (χ3n) is 8.96. The van der Waals surface area contributed by atoms with E-state index in [1.807, 2.05) is 35.2 Å². The van der Waals surface area contributed by atoms with Crippen LogP contribution in [-0.4, -0.2) is 126 Å². The van der Waals surface area contributed by atoms with E-state index in [9.17, 15) is 37.4 Å². The van der Waals surface area contributed by atoms with E-state index in [4.69, 9.17) is 4.74 Å². The Hall–Kier alpha value is -3.47. The third kappa shape index (κ3) is 6.46. The second kappa shape index (κ2) is 12.7. The van der Waals surface area contributed by atoms with E-state index in [-0.39, 0.29) is 49.8 Å². The van der Waals surface area contributed by atoms with Crippen molar-refractivity contribution < 1.29 is 42.1 Å². The molecule has 4 N–H and O–H groups in total. The lowest BCUT2D eigenvalue weighted by Crippen LogP contribution is -2.63. The standard InChI is InChI=1S/C30H36FN5O8S/c31-19-7-4-8-21(11-19)45(42,43)36-10-9-34-17-23(36)29(40)32-14-25-28(39)27(38)24(44-25)13-26(37)33-20-12-22(30(34)41)35(16-20)15-18-5-2-1-3-6-18/h1-8,11,20,22-25,27-28,38-39H,9-10,12-17H2,(H,32,40)(H,33,37)/t20-,22-,23-,24-,25+,27-,28+/m0/s1. The number of aliphatic hydroxyl groups excluding tert-OH is 2. The summed E-state index contributed by atoms with van der Waals surface area (Å²) in [5.41, 5.74) is 0.957. The summed E-state index contributed by atoms with van der Waals surface area (Å²) in [5, 5.41) is 26.7. The minimum atomic E-state index is -4.36. The monoisotopic (exact) mass is 645 g/mol. The van der Waals surface area contributed by atoms with Gasteiger partial charge >= 0.3 is 0 Å². The number of ether oxygens (including phenoxy) is 1. The van der Waals surface area contributed by atoms with Crippen LogP contribution < -0.4 is 10.6 Å². The highest BCUT2D eigenvalue weighted by Crippen LogP contribution is 2.28. The number of hydrogen-bond donors (Lipinski definition) is 4. The number of piperazine rings is 1. The van der Waals surface area contributed by atoms with Gasteiger partial charge in [-0.05, 0) is 30.2 Å². The molecule has 15 heteroatoms. The quantitative estimate of drug-likeness (QED) is 0.319. The first kappa shape index (κ1) is 31.5. The second-order valence-corrected chi connectivity index (χ2v) is 13.8. The molecule has 4 aliphatic heterocycles. The van der Waals surface area contributed by atoms with Gasteiger partial charge in [0.1, 0.15) is 30.2 Å². The first-order valence-corrected chi connectivity index (χ1v) is 16.4. The lowest BCUT2D eigenvalue weighted by Gasteiger charge is -2.41. The summed E-state index contributed by atoms with van der Waals surface area (Å²) in [6.07, 6.45) is -4.88. The SMILES string of the molecule is O=C1C[C@@H]2O[C@H](CNC(=O)[C@@H]3CN(CCN3S(=O)(=O)c3cccc(F)c3)C(=O)[C@@H]3C[C@@H](CN3Cc3ccccc3)N1)[C@@H](O)[C@H]2O. The number of fused-ring (bicyclic) bond motifs is 6. The molecule has 0 aromatic heterocycles. The number of carbonyl (C=O) groups excluding carboxylic acids is 3. The van der Waals surface area contributed by atoms with E-state index in [1.54, 1.807) is 0 Å². The van der Waals surface area contributed by atoms with Crippen molar-refractivity contribution in [1.29, 1.82) is 0 Å². The minimum Gasteiger partial charge on any atom is -0.388 e. The molecule has 242 valence electrons. The van der Waals surface area contributed by atoms with Gasteiger partial charge in [0.2, 0.25) is 27.7 Å². The lowest BCUT2D eigenvalue weighted by atomic mass is 10.0. The lowest BCUT2D eigenvalue weighted by molar-refractivity contribution is -0.140. The number of carbonyl (C=O) groups is 3. The molecule has 6 bridgehead atoms. The van der Waals surface area contributed by atoms with Crippen molar-refractivity contribution >= 4 is 27.7 Å². The number of amides is 3. The highest BCUT2D eigenvalue weighted by Gasteiger charge is 2.48. The van der Waals surface area contributed by atoms with Crippen LogP contribution in [0.2, 0.25) is 0 Å². The van der Waals surface area contributed by atoms with E-state index >= 15 is 0 Å². The third-order valence-corrected chi connectivity index (χ3v) is 10.9. The molecule has 45 heavy (non-hydrogen) atoms. The van der Waals surface area contributed by atoms with E-state index in [0.717, 1.165) is 22.0 Å². The van der Waals surface area contributed by atoms with Crippen molar-refractivity contribution in [1.82, 2.24) is 24.7 Å². The molecular formula is C30H36FN5O8S. The molecule has 13 nitrogen and oxygen atoms in total. The van der Waals surface area contributed by atoms with Crippen LogP contribution in [0, 0.1) is 5.82 Å². The summed E-state index contributed by atoms with van der Waals surface area (Å²) >= 11 is 0. The second-order valence-electron chi connectivity index (χ2n) is 11.9. The van der Waals surface area contributed by atoms with Crippen molar-refractivity contribution in [3.8, 4) is 0 Å². The van der Waals surface area contributed by atoms with Gasteiger partial charge in [0.25, 0.3) is 0 Å². The van der Waals surface area contributed by atoms with Crippen LogP contribution in [0.4, 0.5) is 4.39 Å². The molecule has 0 saturated carbocycles. The summed E-state index contributed by atoms with van der Waals surface area (Å²) in [6, 6.07) is 11.6. The minimum absolute atomic E-state index is 0.0117. The number of aliphatic hydroxyl groups is 2. The van der Waals surface area contributed by atoms with E-state index in [2.05, 4.69) is 10.6 Å².